The van der Waals surface area contributed by atoms with Crippen LogP contribution in [-0.4, -0.2) is 4.57 Å². The Hall–Kier alpha value is -1.24. The number of unbranched alkanes of at least 4 members (excludes halogenated alkanes) is 5. The Kier molecular flexibility index (Phi) is 4.86. The van der Waals surface area contributed by atoms with Crippen molar-refractivity contribution in [1.82, 2.24) is 4.57 Å². The molecule has 0 aliphatic carbocycles. The highest BCUT2D eigenvalue weighted by Gasteiger charge is 2.04. The van der Waals surface area contributed by atoms with Crippen molar-refractivity contribution in [3.63, 3.8) is 0 Å². The first kappa shape index (κ1) is 13.2. The van der Waals surface area contributed by atoms with Crippen LogP contribution in [0.15, 0.2) is 24.3 Å². The third-order valence-corrected chi connectivity index (χ3v) is 3.65. The van der Waals surface area contributed by atoms with E-state index in [0.29, 0.717) is 0 Å². The second-order valence-electron chi connectivity index (χ2n) is 5.15. The largest absolute Gasteiger partial charge is 0.344 e. The standard InChI is InChI=1S/C17H24N/c1-3-4-5-6-7-10-13-18-15(2)14-16-11-8-9-12-17(16)18/h8-9,11-12H,3-7,10,13H2,1-2H3. The molecule has 97 valence electrons. The molecule has 0 fully saturated rings. The number of rotatable bonds is 7. The Morgan fingerprint density at radius 1 is 1.00 bits per heavy atom. The number of aromatic nitrogens is 1. The lowest BCUT2D eigenvalue weighted by atomic mass is 10.1. The van der Waals surface area contributed by atoms with E-state index < -0.39 is 0 Å². The quantitative estimate of drug-likeness (QED) is 0.594. The Morgan fingerprint density at radius 3 is 2.56 bits per heavy atom. The average molecular weight is 242 g/mol. The SMILES string of the molecule is CCCCCCCCn1c(C)[c]c2ccccc21. The van der Waals surface area contributed by atoms with Crippen LogP contribution >= 0.6 is 0 Å². The van der Waals surface area contributed by atoms with E-state index in [2.05, 4.69) is 48.7 Å². The van der Waals surface area contributed by atoms with Gasteiger partial charge in [-0.1, -0.05) is 57.2 Å². The Balaban J connectivity index is 1.89. The van der Waals surface area contributed by atoms with E-state index in [-0.39, 0.29) is 0 Å². The highest BCUT2D eigenvalue weighted by molar-refractivity contribution is 5.80. The van der Waals surface area contributed by atoms with Crippen LogP contribution in [0.1, 0.15) is 51.1 Å². The molecule has 1 aromatic carbocycles. The molecule has 1 heterocycles. The van der Waals surface area contributed by atoms with Crippen LogP contribution < -0.4 is 0 Å². The smallest absolute Gasteiger partial charge is 0.0488 e. The molecule has 0 saturated carbocycles. The molecule has 0 aliphatic heterocycles. The van der Waals surface area contributed by atoms with Crippen LogP contribution in [0.3, 0.4) is 0 Å². The summed E-state index contributed by atoms with van der Waals surface area (Å²) in [6, 6.07) is 12.0. The van der Waals surface area contributed by atoms with Gasteiger partial charge in [-0.25, -0.2) is 0 Å². The van der Waals surface area contributed by atoms with Gasteiger partial charge in [-0.2, -0.15) is 0 Å². The van der Waals surface area contributed by atoms with E-state index in [1.165, 1.54) is 55.1 Å². The molecule has 0 saturated heterocycles. The van der Waals surface area contributed by atoms with Crippen LogP contribution in [0.5, 0.6) is 0 Å². The first-order valence-electron chi connectivity index (χ1n) is 7.30. The van der Waals surface area contributed by atoms with Gasteiger partial charge in [-0.15, -0.1) is 0 Å². The molecule has 0 bridgehead atoms. The minimum atomic E-state index is 1.14. The van der Waals surface area contributed by atoms with Crippen LogP contribution in [0.2, 0.25) is 0 Å². The summed E-state index contributed by atoms with van der Waals surface area (Å²) in [6.45, 7) is 5.57. The fourth-order valence-electron chi connectivity index (χ4n) is 2.60. The summed E-state index contributed by atoms with van der Waals surface area (Å²) in [5, 5.41) is 1.25. The maximum Gasteiger partial charge on any atom is 0.0488 e. The van der Waals surface area contributed by atoms with E-state index in [1.54, 1.807) is 0 Å². The third-order valence-electron chi connectivity index (χ3n) is 3.65. The lowest BCUT2D eigenvalue weighted by molar-refractivity contribution is 0.561. The predicted molar refractivity (Wildman–Crippen MR) is 78.9 cm³/mol. The summed E-state index contributed by atoms with van der Waals surface area (Å²) in [7, 11) is 0. The van der Waals surface area contributed by atoms with Gasteiger partial charge in [0.25, 0.3) is 0 Å². The van der Waals surface area contributed by atoms with Crippen molar-refractivity contribution in [2.45, 2.75) is 58.9 Å². The van der Waals surface area contributed by atoms with Gasteiger partial charge in [0.05, 0.1) is 0 Å². The summed E-state index contributed by atoms with van der Waals surface area (Å²) < 4.78 is 2.41. The highest BCUT2D eigenvalue weighted by atomic mass is 15.0. The molecule has 0 spiro atoms. The van der Waals surface area contributed by atoms with E-state index in [4.69, 9.17) is 0 Å². The van der Waals surface area contributed by atoms with Crippen molar-refractivity contribution in [2.75, 3.05) is 0 Å². The zero-order chi connectivity index (χ0) is 12.8. The number of para-hydroxylation sites is 1. The van der Waals surface area contributed by atoms with Crippen LogP contribution in [0, 0.1) is 13.0 Å². The van der Waals surface area contributed by atoms with Crippen molar-refractivity contribution in [2.24, 2.45) is 0 Å². The number of hydrogen-bond donors (Lipinski definition) is 0. The van der Waals surface area contributed by atoms with Gasteiger partial charge in [-0.05, 0) is 19.4 Å². The molecular formula is C17H24N. The van der Waals surface area contributed by atoms with Crippen LogP contribution in [0.4, 0.5) is 0 Å². The Labute approximate surface area is 111 Å². The topological polar surface area (TPSA) is 4.93 Å². The number of nitrogens with zero attached hydrogens (tertiary/aromatic N) is 1. The van der Waals surface area contributed by atoms with Gasteiger partial charge in [0, 0.05) is 29.2 Å². The molecule has 0 aliphatic rings. The molecule has 2 rings (SSSR count). The van der Waals surface area contributed by atoms with E-state index in [1.807, 2.05) is 0 Å². The maximum atomic E-state index is 3.45. The predicted octanol–water partition coefficient (Wildman–Crippen LogP) is 5.11. The number of fused-ring (bicyclic) bond motifs is 1. The molecule has 2 aromatic rings. The molecule has 1 aromatic heterocycles. The minimum absolute atomic E-state index is 1.14. The van der Waals surface area contributed by atoms with E-state index >= 15 is 0 Å². The van der Waals surface area contributed by atoms with Gasteiger partial charge in [0.2, 0.25) is 0 Å². The second kappa shape index (κ2) is 6.63. The maximum absolute atomic E-state index is 3.45. The number of hydrogen-bond acceptors (Lipinski definition) is 0. The van der Waals surface area contributed by atoms with Crippen LogP contribution in [-0.2, 0) is 6.54 Å². The van der Waals surface area contributed by atoms with Crippen molar-refractivity contribution >= 4 is 10.9 Å². The summed E-state index contributed by atoms with van der Waals surface area (Å²) >= 11 is 0. The van der Waals surface area contributed by atoms with E-state index in [0.717, 1.165) is 6.54 Å². The van der Waals surface area contributed by atoms with Gasteiger partial charge in [0.1, 0.15) is 0 Å². The van der Waals surface area contributed by atoms with Gasteiger partial charge >= 0.3 is 0 Å². The number of aryl methyl sites for hydroxylation is 2. The van der Waals surface area contributed by atoms with Crippen molar-refractivity contribution in [1.29, 1.82) is 0 Å². The summed E-state index contributed by atoms with van der Waals surface area (Å²) in [4.78, 5) is 0. The Morgan fingerprint density at radius 2 is 1.72 bits per heavy atom. The first-order valence-corrected chi connectivity index (χ1v) is 7.30. The zero-order valence-electron chi connectivity index (χ0n) is 11.7. The molecular weight excluding hydrogens is 218 g/mol. The van der Waals surface area contributed by atoms with Crippen LogP contribution in [0.25, 0.3) is 10.9 Å². The molecule has 0 N–H and O–H groups in total. The van der Waals surface area contributed by atoms with Gasteiger partial charge < -0.3 is 4.57 Å². The molecule has 0 atom stereocenters. The minimum Gasteiger partial charge on any atom is -0.344 e. The second-order valence-corrected chi connectivity index (χ2v) is 5.15. The molecule has 18 heavy (non-hydrogen) atoms. The lowest BCUT2D eigenvalue weighted by Gasteiger charge is -2.08. The first-order chi connectivity index (χ1) is 8.83. The molecule has 1 heteroatoms. The van der Waals surface area contributed by atoms with E-state index in [9.17, 15) is 0 Å². The van der Waals surface area contributed by atoms with Crippen molar-refractivity contribution < 1.29 is 0 Å². The van der Waals surface area contributed by atoms with Crippen molar-refractivity contribution in [3.8, 4) is 0 Å². The fraction of sp³-hybridized carbons (Fsp3) is 0.529. The van der Waals surface area contributed by atoms with Gasteiger partial charge in [-0.3, -0.25) is 0 Å². The summed E-state index contributed by atoms with van der Waals surface area (Å²) in [5.74, 6) is 0. The van der Waals surface area contributed by atoms with Crippen molar-refractivity contribution in [3.05, 3.63) is 36.0 Å². The lowest BCUT2D eigenvalue weighted by Crippen LogP contribution is -1.99. The normalized spacial score (nSPS) is 11.2. The summed E-state index contributed by atoms with van der Waals surface area (Å²) in [5.41, 5.74) is 2.60. The Bertz CT molecular complexity index is 481. The number of benzene rings is 1. The molecule has 0 unspecified atom stereocenters. The molecule has 0 amide bonds. The highest BCUT2D eigenvalue weighted by Crippen LogP contribution is 2.19. The van der Waals surface area contributed by atoms with Gasteiger partial charge in [0.15, 0.2) is 0 Å². The zero-order valence-corrected chi connectivity index (χ0v) is 11.7. The summed E-state index contributed by atoms with van der Waals surface area (Å²) in [6.07, 6.45) is 8.14. The average Bonchev–Trinajstić information content (AvgIpc) is 2.70. The molecule has 1 radical (unpaired) electrons. The molecule has 1 nitrogen and oxygen atoms in total. The fourth-order valence-corrected chi connectivity index (χ4v) is 2.60. The third kappa shape index (κ3) is 3.16. The monoisotopic (exact) mass is 242 g/mol.